The highest BCUT2D eigenvalue weighted by atomic mass is 35.5. The molecule has 0 radical (unpaired) electrons. The highest BCUT2D eigenvalue weighted by Crippen LogP contribution is 2.20. The molecule has 1 fully saturated rings. The summed E-state index contributed by atoms with van der Waals surface area (Å²) in [6.45, 7) is 5.18. The SMILES string of the molecule is Cc1oc(CNC(=O)c2cc(Cl)ccc2F)nc1C(=O)N1CCC(C)CC1. The number of likely N-dealkylation sites (tertiary alicyclic amines) is 1. The number of amides is 2. The Hall–Kier alpha value is -2.41. The summed E-state index contributed by atoms with van der Waals surface area (Å²) >= 11 is 5.80. The number of hydrogen-bond donors (Lipinski definition) is 1. The van der Waals surface area contributed by atoms with Gasteiger partial charge < -0.3 is 14.6 Å². The summed E-state index contributed by atoms with van der Waals surface area (Å²) in [5.41, 5.74) is 0.0900. The normalized spacial score (nSPS) is 15.0. The summed E-state index contributed by atoms with van der Waals surface area (Å²) < 4.78 is 19.2. The molecule has 144 valence electrons. The molecule has 8 heteroatoms. The molecule has 1 aromatic heterocycles. The number of carbonyl (C=O) groups excluding carboxylic acids is 2. The molecule has 1 aromatic carbocycles. The van der Waals surface area contributed by atoms with Gasteiger partial charge in [-0.15, -0.1) is 0 Å². The van der Waals surface area contributed by atoms with Crippen LogP contribution in [0.15, 0.2) is 22.6 Å². The van der Waals surface area contributed by atoms with Gasteiger partial charge in [-0.3, -0.25) is 9.59 Å². The predicted octanol–water partition coefficient (Wildman–Crippen LogP) is 3.58. The molecule has 0 bridgehead atoms. The molecule has 2 amide bonds. The number of nitrogens with zero attached hydrogens (tertiary/aromatic N) is 2. The van der Waals surface area contributed by atoms with Crippen molar-refractivity contribution in [3.8, 4) is 0 Å². The summed E-state index contributed by atoms with van der Waals surface area (Å²) in [6, 6.07) is 3.74. The lowest BCUT2D eigenvalue weighted by molar-refractivity contribution is 0.0690. The summed E-state index contributed by atoms with van der Waals surface area (Å²) in [6.07, 6.45) is 1.94. The number of benzene rings is 1. The Morgan fingerprint density at radius 1 is 1.37 bits per heavy atom. The fourth-order valence-electron chi connectivity index (χ4n) is 3.01. The van der Waals surface area contributed by atoms with E-state index < -0.39 is 11.7 Å². The van der Waals surface area contributed by atoms with E-state index in [1.165, 1.54) is 12.1 Å². The van der Waals surface area contributed by atoms with E-state index in [1.807, 2.05) is 0 Å². The van der Waals surface area contributed by atoms with Crippen molar-refractivity contribution in [3.05, 3.63) is 51.9 Å². The topological polar surface area (TPSA) is 75.4 Å². The van der Waals surface area contributed by atoms with Crippen LogP contribution in [0, 0.1) is 18.7 Å². The lowest BCUT2D eigenvalue weighted by Gasteiger charge is -2.29. The zero-order valence-electron chi connectivity index (χ0n) is 15.2. The number of piperidine rings is 1. The molecule has 1 aliphatic rings. The van der Waals surface area contributed by atoms with E-state index in [1.54, 1.807) is 11.8 Å². The molecule has 2 heterocycles. The fraction of sp³-hybridized carbons (Fsp3) is 0.421. The number of nitrogens with one attached hydrogen (secondary N) is 1. The van der Waals surface area contributed by atoms with Gasteiger partial charge in [0, 0.05) is 18.1 Å². The quantitative estimate of drug-likeness (QED) is 0.861. The minimum Gasteiger partial charge on any atom is -0.443 e. The third-order valence-corrected chi connectivity index (χ3v) is 4.92. The van der Waals surface area contributed by atoms with Gasteiger partial charge in [-0.2, -0.15) is 0 Å². The van der Waals surface area contributed by atoms with Crippen molar-refractivity contribution in [2.45, 2.75) is 33.2 Å². The number of oxazole rings is 1. The Balaban J connectivity index is 1.65. The van der Waals surface area contributed by atoms with E-state index in [9.17, 15) is 14.0 Å². The molecule has 0 aliphatic carbocycles. The molecule has 3 rings (SSSR count). The molecule has 0 unspecified atom stereocenters. The van der Waals surface area contributed by atoms with Crippen molar-refractivity contribution < 1.29 is 18.4 Å². The third kappa shape index (κ3) is 4.47. The van der Waals surface area contributed by atoms with Gasteiger partial charge in [0.05, 0.1) is 12.1 Å². The van der Waals surface area contributed by atoms with Crippen LogP contribution in [0.25, 0.3) is 0 Å². The van der Waals surface area contributed by atoms with Crippen LogP contribution in [0.3, 0.4) is 0 Å². The summed E-state index contributed by atoms with van der Waals surface area (Å²) in [4.78, 5) is 30.8. The molecular weight excluding hydrogens is 373 g/mol. The molecule has 1 saturated heterocycles. The van der Waals surface area contributed by atoms with Crippen LogP contribution in [-0.4, -0.2) is 34.8 Å². The summed E-state index contributed by atoms with van der Waals surface area (Å²) in [5, 5.41) is 2.79. The van der Waals surface area contributed by atoms with Crippen LogP contribution in [0.1, 0.15) is 52.3 Å². The summed E-state index contributed by atoms with van der Waals surface area (Å²) in [7, 11) is 0. The second-order valence-corrected chi connectivity index (χ2v) is 7.23. The number of aryl methyl sites for hydroxylation is 1. The van der Waals surface area contributed by atoms with Crippen LogP contribution in [0.2, 0.25) is 5.02 Å². The Kier molecular flexibility index (Phi) is 5.79. The maximum atomic E-state index is 13.7. The molecule has 0 atom stereocenters. The Morgan fingerprint density at radius 2 is 2.07 bits per heavy atom. The molecule has 1 N–H and O–H groups in total. The van der Waals surface area contributed by atoms with E-state index in [2.05, 4.69) is 17.2 Å². The fourth-order valence-corrected chi connectivity index (χ4v) is 3.18. The van der Waals surface area contributed by atoms with Gasteiger partial charge in [0.2, 0.25) is 5.89 Å². The molecule has 27 heavy (non-hydrogen) atoms. The van der Waals surface area contributed by atoms with Crippen molar-refractivity contribution in [1.29, 1.82) is 0 Å². The standard InChI is InChI=1S/C19H21ClFN3O3/c1-11-5-7-24(8-6-11)19(26)17-12(2)27-16(23-17)10-22-18(25)14-9-13(20)3-4-15(14)21/h3-4,9,11H,5-8,10H2,1-2H3,(H,22,25). The molecule has 1 aliphatic heterocycles. The van der Waals surface area contributed by atoms with Crippen LogP contribution in [0.4, 0.5) is 4.39 Å². The van der Waals surface area contributed by atoms with E-state index in [-0.39, 0.29) is 34.6 Å². The number of rotatable bonds is 4. The van der Waals surface area contributed by atoms with E-state index in [0.717, 1.165) is 18.9 Å². The highest BCUT2D eigenvalue weighted by molar-refractivity contribution is 6.31. The van der Waals surface area contributed by atoms with Gasteiger partial charge in [0.15, 0.2) is 5.69 Å². The highest BCUT2D eigenvalue weighted by Gasteiger charge is 2.26. The number of carbonyl (C=O) groups is 2. The maximum Gasteiger partial charge on any atom is 0.276 e. The van der Waals surface area contributed by atoms with Crippen molar-refractivity contribution >= 4 is 23.4 Å². The molecule has 0 spiro atoms. The zero-order chi connectivity index (χ0) is 19.6. The van der Waals surface area contributed by atoms with Gasteiger partial charge >= 0.3 is 0 Å². The number of aromatic nitrogens is 1. The molecule has 6 nitrogen and oxygen atoms in total. The minimum atomic E-state index is -0.671. The van der Waals surface area contributed by atoms with Gasteiger partial charge in [0.25, 0.3) is 11.8 Å². The lowest BCUT2D eigenvalue weighted by atomic mass is 9.99. The van der Waals surface area contributed by atoms with Gasteiger partial charge in [0.1, 0.15) is 11.6 Å². The largest absolute Gasteiger partial charge is 0.443 e. The van der Waals surface area contributed by atoms with Crippen molar-refractivity contribution in [2.24, 2.45) is 5.92 Å². The molecular formula is C19H21ClFN3O3. The molecule has 0 saturated carbocycles. The van der Waals surface area contributed by atoms with Gasteiger partial charge in [-0.1, -0.05) is 18.5 Å². The van der Waals surface area contributed by atoms with Gasteiger partial charge in [-0.05, 0) is 43.9 Å². The average Bonchev–Trinajstić information content (AvgIpc) is 3.02. The summed E-state index contributed by atoms with van der Waals surface area (Å²) in [5.74, 6) is -0.264. The van der Waals surface area contributed by atoms with Crippen molar-refractivity contribution in [3.63, 3.8) is 0 Å². The van der Waals surface area contributed by atoms with E-state index in [0.29, 0.717) is 24.8 Å². The predicted molar refractivity (Wildman–Crippen MR) is 98.1 cm³/mol. The monoisotopic (exact) mass is 393 g/mol. The van der Waals surface area contributed by atoms with E-state index >= 15 is 0 Å². The first-order valence-electron chi connectivity index (χ1n) is 8.84. The zero-order valence-corrected chi connectivity index (χ0v) is 16.0. The first-order valence-corrected chi connectivity index (χ1v) is 9.21. The van der Waals surface area contributed by atoms with Crippen LogP contribution >= 0.6 is 11.6 Å². The Labute approximate surface area is 161 Å². The Bertz CT molecular complexity index is 860. The second kappa shape index (κ2) is 8.08. The van der Waals surface area contributed by atoms with Gasteiger partial charge in [-0.25, -0.2) is 9.37 Å². The average molecular weight is 394 g/mol. The lowest BCUT2D eigenvalue weighted by Crippen LogP contribution is -2.38. The van der Waals surface area contributed by atoms with Crippen LogP contribution < -0.4 is 5.32 Å². The van der Waals surface area contributed by atoms with Crippen LogP contribution in [0.5, 0.6) is 0 Å². The maximum absolute atomic E-state index is 13.7. The number of hydrogen-bond acceptors (Lipinski definition) is 4. The number of halogens is 2. The van der Waals surface area contributed by atoms with Crippen molar-refractivity contribution in [1.82, 2.24) is 15.2 Å². The van der Waals surface area contributed by atoms with Crippen LogP contribution in [-0.2, 0) is 6.54 Å². The van der Waals surface area contributed by atoms with Crippen molar-refractivity contribution in [2.75, 3.05) is 13.1 Å². The third-order valence-electron chi connectivity index (χ3n) is 4.69. The Morgan fingerprint density at radius 3 is 2.78 bits per heavy atom. The van der Waals surface area contributed by atoms with E-state index in [4.69, 9.17) is 16.0 Å². The smallest absolute Gasteiger partial charge is 0.276 e. The first kappa shape index (κ1) is 19.4. The second-order valence-electron chi connectivity index (χ2n) is 6.79. The molecule has 2 aromatic rings. The first-order chi connectivity index (χ1) is 12.8. The minimum absolute atomic E-state index is 0.0596.